The minimum Gasteiger partial charge on any atom is -0.456 e. The zero-order valence-corrected chi connectivity index (χ0v) is 11.9. The van der Waals surface area contributed by atoms with Crippen molar-refractivity contribution in [3.63, 3.8) is 0 Å². The van der Waals surface area contributed by atoms with Crippen molar-refractivity contribution < 1.29 is 4.74 Å². The van der Waals surface area contributed by atoms with E-state index in [-0.39, 0.29) is 12.4 Å². The summed E-state index contributed by atoms with van der Waals surface area (Å²) in [5.74, 6) is 1.48. The lowest BCUT2D eigenvalue weighted by Crippen LogP contribution is -1.90. The first-order valence-electron chi connectivity index (χ1n) is 6.07. The van der Waals surface area contributed by atoms with Crippen LogP contribution in [-0.4, -0.2) is 0 Å². The van der Waals surface area contributed by atoms with Crippen LogP contribution in [0.5, 0.6) is 11.5 Å². The number of rotatable bonds is 2. The number of hydrogen-bond donors (Lipinski definition) is 1. The molecule has 0 atom stereocenters. The number of fused-ring (bicyclic) bond motifs is 1. The highest BCUT2D eigenvalue weighted by Crippen LogP contribution is 2.33. The van der Waals surface area contributed by atoms with Gasteiger partial charge < -0.3 is 10.5 Å². The smallest absolute Gasteiger partial charge is 0.146 e. The van der Waals surface area contributed by atoms with Crippen LogP contribution in [0, 0.1) is 0 Å². The van der Waals surface area contributed by atoms with E-state index in [0.717, 1.165) is 12.2 Å². The van der Waals surface area contributed by atoms with Gasteiger partial charge in [-0.15, -0.1) is 12.4 Å². The van der Waals surface area contributed by atoms with Crippen molar-refractivity contribution >= 4 is 29.7 Å². The number of ether oxygens (including phenoxy) is 1. The fourth-order valence-electron chi connectivity index (χ4n) is 2.34. The molecule has 0 bridgehead atoms. The van der Waals surface area contributed by atoms with Gasteiger partial charge in [0.2, 0.25) is 0 Å². The summed E-state index contributed by atoms with van der Waals surface area (Å²) in [5.41, 5.74) is 9.12. The first-order chi connectivity index (χ1) is 8.72. The van der Waals surface area contributed by atoms with Crippen molar-refractivity contribution in [2.45, 2.75) is 19.3 Å². The Kier molecular flexibility index (Phi) is 4.23. The summed E-state index contributed by atoms with van der Waals surface area (Å²) in [6.45, 7) is 0. The Labute approximate surface area is 123 Å². The second-order valence-corrected chi connectivity index (χ2v) is 4.98. The number of aryl methyl sites for hydroxylation is 2. The van der Waals surface area contributed by atoms with Gasteiger partial charge in [0.1, 0.15) is 11.5 Å². The molecule has 0 aliphatic heterocycles. The quantitative estimate of drug-likeness (QED) is 0.820. The van der Waals surface area contributed by atoms with Gasteiger partial charge in [-0.25, -0.2) is 0 Å². The molecule has 0 fully saturated rings. The molecule has 0 spiro atoms. The van der Waals surface area contributed by atoms with Crippen LogP contribution < -0.4 is 10.5 Å². The van der Waals surface area contributed by atoms with Gasteiger partial charge in [0.15, 0.2) is 0 Å². The lowest BCUT2D eigenvalue weighted by atomic mass is 10.1. The monoisotopic (exact) mass is 295 g/mol. The molecule has 3 rings (SSSR count). The molecule has 4 heteroatoms. The van der Waals surface area contributed by atoms with E-state index in [2.05, 4.69) is 12.1 Å². The highest BCUT2D eigenvalue weighted by molar-refractivity contribution is 6.32. The molecular weight excluding hydrogens is 281 g/mol. The zero-order valence-electron chi connectivity index (χ0n) is 10.4. The largest absolute Gasteiger partial charge is 0.456 e. The summed E-state index contributed by atoms with van der Waals surface area (Å²) in [5, 5.41) is 0.537. The normalized spacial score (nSPS) is 12.7. The molecule has 1 aliphatic rings. The summed E-state index contributed by atoms with van der Waals surface area (Å²) < 4.78 is 5.80. The van der Waals surface area contributed by atoms with Gasteiger partial charge in [-0.3, -0.25) is 0 Å². The Hall–Kier alpha value is -1.38. The van der Waals surface area contributed by atoms with Crippen molar-refractivity contribution in [2.24, 2.45) is 0 Å². The summed E-state index contributed by atoms with van der Waals surface area (Å²) in [7, 11) is 0. The van der Waals surface area contributed by atoms with Crippen LogP contribution in [-0.2, 0) is 12.8 Å². The van der Waals surface area contributed by atoms with Crippen LogP contribution in [0.25, 0.3) is 0 Å². The highest BCUT2D eigenvalue weighted by atomic mass is 35.5. The number of nitrogen functional groups attached to an aromatic ring is 1. The topological polar surface area (TPSA) is 35.2 Å². The Bertz CT molecular complexity index is 599. The van der Waals surface area contributed by atoms with Gasteiger partial charge in [0, 0.05) is 5.69 Å². The van der Waals surface area contributed by atoms with Gasteiger partial charge >= 0.3 is 0 Å². The van der Waals surface area contributed by atoms with E-state index in [1.54, 1.807) is 18.2 Å². The van der Waals surface area contributed by atoms with Crippen LogP contribution in [0.4, 0.5) is 5.69 Å². The zero-order chi connectivity index (χ0) is 12.5. The summed E-state index contributed by atoms with van der Waals surface area (Å²) in [4.78, 5) is 0. The van der Waals surface area contributed by atoms with Crippen LogP contribution in [0.3, 0.4) is 0 Å². The molecule has 0 heterocycles. The molecule has 0 saturated heterocycles. The minimum atomic E-state index is 0. The lowest BCUT2D eigenvalue weighted by Gasteiger charge is -2.09. The SMILES string of the molecule is Cl.Nc1ccc(Oc2ccc3c(c2)CCC3)c(Cl)c1. The maximum atomic E-state index is 6.09. The summed E-state index contributed by atoms with van der Waals surface area (Å²) in [6, 6.07) is 11.5. The molecule has 2 nitrogen and oxygen atoms in total. The molecule has 2 aromatic rings. The van der Waals surface area contributed by atoms with Crippen LogP contribution in [0.2, 0.25) is 5.02 Å². The summed E-state index contributed by atoms with van der Waals surface area (Å²) in [6.07, 6.45) is 3.56. The van der Waals surface area contributed by atoms with Crippen LogP contribution >= 0.6 is 24.0 Å². The van der Waals surface area contributed by atoms with E-state index in [4.69, 9.17) is 22.1 Å². The Morgan fingerprint density at radius 2 is 1.79 bits per heavy atom. The van der Waals surface area contributed by atoms with Crippen LogP contribution in [0.1, 0.15) is 17.5 Å². The van der Waals surface area contributed by atoms with Gasteiger partial charge in [-0.05, 0) is 60.7 Å². The summed E-state index contributed by atoms with van der Waals surface area (Å²) >= 11 is 6.09. The first-order valence-corrected chi connectivity index (χ1v) is 6.45. The van der Waals surface area contributed by atoms with E-state index in [0.29, 0.717) is 16.5 Å². The van der Waals surface area contributed by atoms with E-state index < -0.39 is 0 Å². The van der Waals surface area contributed by atoms with Crippen molar-refractivity contribution in [1.82, 2.24) is 0 Å². The first kappa shape index (κ1) is 14.0. The van der Waals surface area contributed by atoms with Gasteiger partial charge in [0.05, 0.1) is 5.02 Å². The second-order valence-electron chi connectivity index (χ2n) is 4.58. The molecule has 0 unspecified atom stereocenters. The third-order valence-corrected chi connectivity index (χ3v) is 3.55. The predicted octanol–water partition coefficient (Wildman–Crippen LogP) is 4.63. The number of nitrogens with two attached hydrogens (primary N) is 1. The average Bonchev–Trinajstić information content (AvgIpc) is 2.80. The molecule has 2 aromatic carbocycles. The molecule has 0 amide bonds. The van der Waals surface area contributed by atoms with E-state index in [9.17, 15) is 0 Å². The molecule has 0 saturated carbocycles. The lowest BCUT2D eigenvalue weighted by molar-refractivity contribution is 0.482. The fraction of sp³-hybridized carbons (Fsp3) is 0.200. The van der Waals surface area contributed by atoms with Crippen LogP contribution in [0.15, 0.2) is 36.4 Å². The molecule has 2 N–H and O–H groups in total. The molecular formula is C15H15Cl2NO. The number of benzene rings is 2. The van der Waals surface area contributed by atoms with Crippen molar-refractivity contribution in [3.8, 4) is 11.5 Å². The van der Waals surface area contributed by atoms with Crippen molar-refractivity contribution in [3.05, 3.63) is 52.5 Å². The van der Waals surface area contributed by atoms with Gasteiger partial charge in [-0.1, -0.05) is 17.7 Å². The number of halogens is 2. The van der Waals surface area contributed by atoms with E-state index >= 15 is 0 Å². The standard InChI is InChI=1S/C15H14ClNO.ClH/c16-14-9-12(17)5-7-15(14)18-13-6-4-10-2-1-3-11(10)8-13;/h4-9H,1-3,17H2;1H. The molecule has 0 aromatic heterocycles. The van der Waals surface area contributed by atoms with Crippen molar-refractivity contribution in [1.29, 1.82) is 0 Å². The van der Waals surface area contributed by atoms with Gasteiger partial charge in [0.25, 0.3) is 0 Å². The average molecular weight is 296 g/mol. The Morgan fingerprint density at radius 3 is 2.58 bits per heavy atom. The van der Waals surface area contributed by atoms with E-state index in [1.165, 1.54) is 24.0 Å². The number of anilines is 1. The third-order valence-electron chi connectivity index (χ3n) is 3.25. The molecule has 19 heavy (non-hydrogen) atoms. The fourth-order valence-corrected chi connectivity index (χ4v) is 2.57. The molecule has 100 valence electrons. The Morgan fingerprint density at radius 1 is 1.00 bits per heavy atom. The third kappa shape index (κ3) is 2.96. The van der Waals surface area contributed by atoms with Gasteiger partial charge in [-0.2, -0.15) is 0 Å². The molecule has 1 aliphatic carbocycles. The maximum Gasteiger partial charge on any atom is 0.146 e. The minimum absolute atomic E-state index is 0. The highest BCUT2D eigenvalue weighted by Gasteiger charge is 2.12. The number of hydrogen-bond acceptors (Lipinski definition) is 2. The second kappa shape index (κ2) is 5.72. The van der Waals surface area contributed by atoms with Crippen molar-refractivity contribution in [2.75, 3.05) is 5.73 Å². The predicted molar refractivity (Wildman–Crippen MR) is 81.7 cm³/mol. The molecule has 0 radical (unpaired) electrons. The van der Waals surface area contributed by atoms with E-state index in [1.807, 2.05) is 6.07 Å². The maximum absolute atomic E-state index is 6.09. The Balaban J connectivity index is 0.00000133.